The zero-order chi connectivity index (χ0) is 12.0. The molecule has 1 atom stereocenters. The topological polar surface area (TPSA) is 69.6 Å². The summed E-state index contributed by atoms with van der Waals surface area (Å²) >= 11 is 0. The Labute approximate surface area is 107 Å². The molecule has 1 rings (SSSR count). The quantitative estimate of drug-likeness (QED) is 0.727. The summed E-state index contributed by atoms with van der Waals surface area (Å²) < 4.78 is 0. The number of carbonyl (C=O) groups is 1. The van der Waals surface area contributed by atoms with Gasteiger partial charge in [0.2, 0.25) is 0 Å². The number of aliphatic hydroxyl groups excluding tert-OH is 1. The molecule has 0 aromatic heterocycles. The molecule has 0 aliphatic heterocycles. The second-order valence-corrected chi connectivity index (χ2v) is 3.63. The second kappa shape index (κ2) is 8.06. The van der Waals surface area contributed by atoms with E-state index in [0.717, 1.165) is 12.0 Å². The van der Waals surface area contributed by atoms with Crippen molar-refractivity contribution < 1.29 is 15.0 Å². The van der Waals surface area contributed by atoms with Gasteiger partial charge >= 0.3 is 5.97 Å². The number of rotatable bonds is 6. The smallest absolute Gasteiger partial charge is 0.336 e. The van der Waals surface area contributed by atoms with Crippen molar-refractivity contribution in [3.63, 3.8) is 0 Å². The van der Waals surface area contributed by atoms with E-state index in [1.54, 1.807) is 18.2 Å². The van der Waals surface area contributed by atoms with Crippen molar-refractivity contribution in [2.75, 3.05) is 6.61 Å². The van der Waals surface area contributed by atoms with Gasteiger partial charge in [0.25, 0.3) is 0 Å². The molecule has 5 heteroatoms. The number of halogens is 1. The van der Waals surface area contributed by atoms with Crippen LogP contribution in [0.2, 0.25) is 0 Å². The van der Waals surface area contributed by atoms with Crippen molar-refractivity contribution in [2.24, 2.45) is 0 Å². The molecule has 0 heterocycles. The molecule has 1 aromatic rings. The van der Waals surface area contributed by atoms with Gasteiger partial charge in [-0.1, -0.05) is 25.1 Å². The summed E-state index contributed by atoms with van der Waals surface area (Å²) in [5.41, 5.74) is 1.05. The number of aliphatic hydroxyl groups is 1. The van der Waals surface area contributed by atoms with Gasteiger partial charge in [0.15, 0.2) is 0 Å². The predicted molar refractivity (Wildman–Crippen MR) is 68.7 cm³/mol. The van der Waals surface area contributed by atoms with Crippen molar-refractivity contribution in [3.8, 4) is 0 Å². The first-order chi connectivity index (χ1) is 7.69. The Morgan fingerprint density at radius 3 is 2.59 bits per heavy atom. The summed E-state index contributed by atoms with van der Waals surface area (Å²) in [5, 5.41) is 21.1. The molecular weight excluding hydrogens is 242 g/mol. The maximum atomic E-state index is 10.9. The van der Waals surface area contributed by atoms with Crippen LogP contribution < -0.4 is 5.32 Å². The highest BCUT2D eigenvalue weighted by Gasteiger charge is 2.10. The maximum Gasteiger partial charge on any atom is 0.336 e. The van der Waals surface area contributed by atoms with Crippen LogP contribution in [0.1, 0.15) is 29.3 Å². The van der Waals surface area contributed by atoms with Crippen LogP contribution >= 0.6 is 12.4 Å². The van der Waals surface area contributed by atoms with E-state index < -0.39 is 5.97 Å². The Bertz CT molecular complexity index is 353. The third-order valence-corrected chi connectivity index (χ3v) is 2.54. The number of hydrogen-bond acceptors (Lipinski definition) is 3. The van der Waals surface area contributed by atoms with Crippen LogP contribution in [0.4, 0.5) is 0 Å². The van der Waals surface area contributed by atoms with Gasteiger partial charge < -0.3 is 15.5 Å². The highest BCUT2D eigenvalue weighted by atomic mass is 35.5. The minimum atomic E-state index is -0.922. The van der Waals surface area contributed by atoms with Crippen LogP contribution in [-0.2, 0) is 6.54 Å². The van der Waals surface area contributed by atoms with Crippen LogP contribution in [-0.4, -0.2) is 28.8 Å². The first-order valence-electron chi connectivity index (χ1n) is 5.34. The number of benzene rings is 1. The summed E-state index contributed by atoms with van der Waals surface area (Å²) in [6, 6.07) is 6.89. The van der Waals surface area contributed by atoms with Crippen molar-refractivity contribution in [3.05, 3.63) is 35.4 Å². The van der Waals surface area contributed by atoms with Crippen LogP contribution in [0.15, 0.2) is 24.3 Å². The lowest BCUT2D eigenvalue weighted by atomic mass is 10.1. The molecule has 0 amide bonds. The van der Waals surface area contributed by atoms with E-state index in [4.69, 9.17) is 10.2 Å². The molecule has 0 spiro atoms. The third-order valence-electron chi connectivity index (χ3n) is 2.54. The molecule has 0 aliphatic carbocycles. The molecule has 0 fully saturated rings. The monoisotopic (exact) mass is 259 g/mol. The second-order valence-electron chi connectivity index (χ2n) is 3.63. The fourth-order valence-corrected chi connectivity index (χ4v) is 1.48. The van der Waals surface area contributed by atoms with Gasteiger partial charge in [0.1, 0.15) is 0 Å². The van der Waals surface area contributed by atoms with Crippen molar-refractivity contribution in [1.29, 1.82) is 0 Å². The zero-order valence-electron chi connectivity index (χ0n) is 9.72. The van der Waals surface area contributed by atoms with E-state index in [-0.39, 0.29) is 25.1 Å². The zero-order valence-corrected chi connectivity index (χ0v) is 10.5. The van der Waals surface area contributed by atoms with Crippen LogP contribution in [0, 0.1) is 0 Å². The van der Waals surface area contributed by atoms with Gasteiger partial charge in [-0.15, -0.1) is 12.4 Å². The largest absolute Gasteiger partial charge is 0.478 e. The fourth-order valence-electron chi connectivity index (χ4n) is 1.48. The minimum absolute atomic E-state index is 0. The van der Waals surface area contributed by atoms with Gasteiger partial charge in [-0.05, 0) is 18.1 Å². The molecule has 3 N–H and O–H groups in total. The lowest BCUT2D eigenvalue weighted by Gasteiger charge is -2.14. The Kier molecular flexibility index (Phi) is 7.54. The van der Waals surface area contributed by atoms with Crippen LogP contribution in [0.3, 0.4) is 0 Å². The van der Waals surface area contributed by atoms with Crippen molar-refractivity contribution >= 4 is 18.4 Å². The summed E-state index contributed by atoms with van der Waals surface area (Å²) in [4.78, 5) is 10.9. The highest BCUT2D eigenvalue weighted by molar-refractivity contribution is 5.89. The van der Waals surface area contributed by atoms with E-state index in [1.807, 2.05) is 13.0 Å². The number of carboxylic acid groups (broad SMARTS) is 1. The van der Waals surface area contributed by atoms with E-state index >= 15 is 0 Å². The van der Waals surface area contributed by atoms with Crippen molar-refractivity contribution in [1.82, 2.24) is 5.32 Å². The first kappa shape index (κ1) is 15.9. The summed E-state index contributed by atoms with van der Waals surface area (Å²) in [6.07, 6.45) is 0.811. The SMILES string of the molecule is CCC(CO)NCc1ccccc1C(=O)O.Cl. The number of aromatic carboxylic acids is 1. The first-order valence-corrected chi connectivity index (χ1v) is 5.34. The molecule has 0 aliphatic rings. The highest BCUT2D eigenvalue weighted by Crippen LogP contribution is 2.08. The number of carboxylic acids is 1. The van der Waals surface area contributed by atoms with Crippen LogP contribution in [0.25, 0.3) is 0 Å². The maximum absolute atomic E-state index is 10.9. The van der Waals surface area contributed by atoms with E-state index in [9.17, 15) is 4.79 Å². The Morgan fingerprint density at radius 1 is 1.41 bits per heavy atom. The average molecular weight is 260 g/mol. The normalized spacial score (nSPS) is 11.6. The minimum Gasteiger partial charge on any atom is -0.478 e. The molecule has 17 heavy (non-hydrogen) atoms. The van der Waals surface area contributed by atoms with Crippen molar-refractivity contribution in [2.45, 2.75) is 25.9 Å². The third kappa shape index (κ3) is 4.73. The molecule has 96 valence electrons. The molecule has 0 saturated heterocycles. The summed E-state index contributed by atoms with van der Waals surface area (Å²) in [6.45, 7) is 2.49. The lowest BCUT2D eigenvalue weighted by Crippen LogP contribution is -2.31. The summed E-state index contributed by atoms with van der Waals surface area (Å²) in [5.74, 6) is -0.922. The average Bonchev–Trinajstić information content (AvgIpc) is 2.30. The Balaban J connectivity index is 0.00000256. The van der Waals surface area contributed by atoms with Crippen LogP contribution in [0.5, 0.6) is 0 Å². The molecule has 1 unspecified atom stereocenters. The number of hydrogen-bond donors (Lipinski definition) is 3. The molecular formula is C12H18ClNO3. The van der Waals surface area contributed by atoms with Gasteiger partial charge in [0, 0.05) is 12.6 Å². The lowest BCUT2D eigenvalue weighted by molar-refractivity contribution is 0.0695. The predicted octanol–water partition coefficient (Wildman–Crippen LogP) is 1.67. The molecule has 4 nitrogen and oxygen atoms in total. The Hall–Kier alpha value is -1.10. The Morgan fingerprint density at radius 2 is 2.06 bits per heavy atom. The van der Waals surface area contributed by atoms with E-state index in [0.29, 0.717) is 12.1 Å². The number of nitrogens with one attached hydrogen (secondary N) is 1. The molecule has 0 saturated carbocycles. The molecule has 0 radical (unpaired) electrons. The summed E-state index contributed by atoms with van der Waals surface area (Å²) in [7, 11) is 0. The van der Waals surface area contributed by atoms with E-state index in [2.05, 4.69) is 5.32 Å². The van der Waals surface area contributed by atoms with Gasteiger partial charge in [-0.25, -0.2) is 4.79 Å². The van der Waals surface area contributed by atoms with Gasteiger partial charge in [-0.2, -0.15) is 0 Å². The fraction of sp³-hybridized carbons (Fsp3) is 0.417. The van der Waals surface area contributed by atoms with Gasteiger partial charge in [-0.3, -0.25) is 0 Å². The molecule has 1 aromatic carbocycles. The van der Waals surface area contributed by atoms with E-state index in [1.165, 1.54) is 0 Å². The molecule has 0 bridgehead atoms. The van der Waals surface area contributed by atoms with Gasteiger partial charge in [0.05, 0.1) is 12.2 Å². The standard InChI is InChI=1S/C12H17NO3.ClH/c1-2-10(8-14)13-7-9-5-3-4-6-11(9)12(15)16;/h3-6,10,13-14H,2,7-8H2,1H3,(H,15,16);1H.